The Bertz CT molecular complexity index is 1270. The third-order valence-electron chi connectivity index (χ3n) is 7.09. The first-order valence-electron chi connectivity index (χ1n) is 12.9. The Kier molecular flexibility index (Phi) is 6.67. The van der Waals surface area contributed by atoms with Gasteiger partial charge in [0.25, 0.3) is 5.91 Å². The number of hydrogen-bond acceptors (Lipinski definition) is 5. The van der Waals surface area contributed by atoms with Crippen molar-refractivity contribution in [2.24, 2.45) is 11.7 Å². The summed E-state index contributed by atoms with van der Waals surface area (Å²) in [6.45, 7) is 7.69. The minimum Gasteiger partial charge on any atom is -0.457 e. The van der Waals surface area contributed by atoms with Crippen LogP contribution in [0.2, 0.25) is 0 Å². The predicted octanol–water partition coefficient (Wildman–Crippen LogP) is 5.58. The van der Waals surface area contributed by atoms with E-state index in [9.17, 15) is 9.59 Å². The van der Waals surface area contributed by atoms with E-state index in [1.165, 1.54) is 0 Å². The van der Waals surface area contributed by atoms with E-state index >= 15 is 0 Å². The summed E-state index contributed by atoms with van der Waals surface area (Å²) in [6, 6.07) is 17.2. The number of piperidine rings is 1. The first-order chi connectivity index (χ1) is 17.7. The second kappa shape index (κ2) is 9.92. The second-order valence-corrected chi connectivity index (χ2v) is 10.8. The Hall–Kier alpha value is -3.81. The van der Waals surface area contributed by atoms with E-state index in [-0.39, 0.29) is 12.0 Å². The predicted molar refractivity (Wildman–Crippen MR) is 141 cm³/mol. The van der Waals surface area contributed by atoms with Crippen LogP contribution in [0, 0.1) is 5.92 Å². The van der Waals surface area contributed by atoms with Crippen molar-refractivity contribution >= 4 is 12.0 Å². The zero-order chi connectivity index (χ0) is 26.2. The standard InChI is InChI=1S/C29H34N4O4/c1-29(2,3)37-28(35)32-16-13-19(14-17-32)23-15-18-33-25(26(30)34)24(31-27(23)33)20-9-11-22(12-10-20)36-21-7-5-4-6-8-21/h4-12,19,23H,13-18H2,1-3H3,(H2,30,34). The first kappa shape index (κ1) is 24.9. The summed E-state index contributed by atoms with van der Waals surface area (Å²) < 4.78 is 13.4. The topological polar surface area (TPSA) is 99.7 Å². The number of rotatable bonds is 5. The lowest BCUT2D eigenvalue weighted by molar-refractivity contribution is 0.0173. The van der Waals surface area contributed by atoms with Gasteiger partial charge in [0.15, 0.2) is 0 Å². The van der Waals surface area contributed by atoms with Crippen LogP contribution in [0.25, 0.3) is 11.3 Å². The minimum atomic E-state index is -0.502. The van der Waals surface area contributed by atoms with Gasteiger partial charge >= 0.3 is 6.09 Å². The van der Waals surface area contributed by atoms with Crippen molar-refractivity contribution in [2.75, 3.05) is 13.1 Å². The Morgan fingerprint density at radius 3 is 2.19 bits per heavy atom. The van der Waals surface area contributed by atoms with Gasteiger partial charge in [0.1, 0.15) is 34.3 Å². The monoisotopic (exact) mass is 502 g/mol. The van der Waals surface area contributed by atoms with Crippen molar-refractivity contribution in [3.05, 3.63) is 66.1 Å². The third kappa shape index (κ3) is 5.33. The first-order valence-corrected chi connectivity index (χ1v) is 12.9. The zero-order valence-corrected chi connectivity index (χ0v) is 21.6. The average Bonchev–Trinajstić information content (AvgIpc) is 3.44. The van der Waals surface area contributed by atoms with Crippen molar-refractivity contribution in [1.82, 2.24) is 14.5 Å². The normalized spacial score (nSPS) is 17.9. The van der Waals surface area contributed by atoms with Crippen molar-refractivity contribution in [2.45, 2.75) is 58.1 Å². The van der Waals surface area contributed by atoms with E-state index in [0.717, 1.165) is 36.4 Å². The number of hydrogen-bond donors (Lipinski definition) is 1. The summed E-state index contributed by atoms with van der Waals surface area (Å²) in [5, 5.41) is 0. The maximum Gasteiger partial charge on any atom is 0.410 e. The highest BCUT2D eigenvalue weighted by Gasteiger charge is 2.38. The number of nitrogens with zero attached hydrogens (tertiary/aromatic N) is 3. The summed E-state index contributed by atoms with van der Waals surface area (Å²) >= 11 is 0. The minimum absolute atomic E-state index is 0.230. The van der Waals surface area contributed by atoms with E-state index in [1.807, 2.05) is 79.9 Å². The van der Waals surface area contributed by atoms with E-state index in [0.29, 0.717) is 42.7 Å². The van der Waals surface area contributed by atoms with Gasteiger partial charge in [-0.2, -0.15) is 0 Å². The van der Waals surface area contributed by atoms with Crippen LogP contribution in [-0.4, -0.2) is 45.1 Å². The highest BCUT2D eigenvalue weighted by atomic mass is 16.6. The van der Waals surface area contributed by atoms with Gasteiger partial charge in [-0.3, -0.25) is 4.79 Å². The molecule has 0 saturated carbocycles. The molecular weight excluding hydrogens is 468 g/mol. The molecule has 0 bridgehead atoms. The Labute approximate surface area is 217 Å². The molecule has 1 saturated heterocycles. The smallest absolute Gasteiger partial charge is 0.410 e. The van der Waals surface area contributed by atoms with Crippen LogP contribution >= 0.6 is 0 Å². The summed E-state index contributed by atoms with van der Waals surface area (Å²) in [4.78, 5) is 31.8. The molecule has 2 N–H and O–H groups in total. The van der Waals surface area contributed by atoms with Crippen molar-refractivity contribution in [3.63, 3.8) is 0 Å². The lowest BCUT2D eigenvalue weighted by atomic mass is 9.83. The van der Waals surface area contributed by atoms with Gasteiger partial charge in [-0.05, 0) is 82.3 Å². The largest absolute Gasteiger partial charge is 0.457 e. The molecule has 1 unspecified atom stereocenters. The van der Waals surface area contributed by atoms with Gasteiger partial charge in [0.2, 0.25) is 0 Å². The Morgan fingerprint density at radius 1 is 0.919 bits per heavy atom. The molecule has 0 radical (unpaired) electrons. The number of aromatic nitrogens is 2. The van der Waals surface area contributed by atoms with Crippen LogP contribution < -0.4 is 10.5 Å². The number of nitrogens with two attached hydrogens (primary N) is 1. The highest BCUT2D eigenvalue weighted by Crippen LogP contribution is 2.42. The Balaban J connectivity index is 1.32. The molecule has 3 heterocycles. The lowest BCUT2D eigenvalue weighted by Gasteiger charge is -2.35. The molecule has 5 rings (SSSR count). The van der Waals surface area contributed by atoms with Gasteiger partial charge in [-0.15, -0.1) is 0 Å². The fourth-order valence-corrected chi connectivity index (χ4v) is 5.39. The van der Waals surface area contributed by atoms with Crippen LogP contribution in [0.3, 0.4) is 0 Å². The summed E-state index contributed by atoms with van der Waals surface area (Å²) in [7, 11) is 0. The maximum absolute atomic E-state index is 12.5. The third-order valence-corrected chi connectivity index (χ3v) is 7.09. The van der Waals surface area contributed by atoms with Crippen LogP contribution in [-0.2, 0) is 11.3 Å². The number of benzene rings is 2. The number of para-hydroxylation sites is 1. The number of ether oxygens (including phenoxy) is 2. The lowest BCUT2D eigenvalue weighted by Crippen LogP contribution is -2.42. The molecule has 1 aromatic heterocycles. The highest BCUT2D eigenvalue weighted by molar-refractivity contribution is 5.97. The molecule has 2 amide bonds. The van der Waals surface area contributed by atoms with Crippen LogP contribution in [0.4, 0.5) is 4.79 Å². The van der Waals surface area contributed by atoms with Crippen molar-refractivity contribution in [3.8, 4) is 22.8 Å². The molecule has 0 spiro atoms. The van der Waals surface area contributed by atoms with Crippen LogP contribution in [0.5, 0.6) is 11.5 Å². The fraction of sp³-hybridized carbons (Fsp3) is 0.414. The van der Waals surface area contributed by atoms with E-state index in [4.69, 9.17) is 20.2 Å². The van der Waals surface area contributed by atoms with Crippen LogP contribution in [0.1, 0.15) is 62.3 Å². The van der Waals surface area contributed by atoms with Gasteiger partial charge in [0.05, 0.1) is 0 Å². The van der Waals surface area contributed by atoms with Crippen molar-refractivity contribution in [1.29, 1.82) is 0 Å². The molecule has 8 heteroatoms. The molecule has 1 fully saturated rings. The molecular formula is C29H34N4O4. The quantitative estimate of drug-likeness (QED) is 0.491. The summed E-state index contributed by atoms with van der Waals surface area (Å²) in [5.41, 5.74) is 7.24. The molecule has 2 aromatic carbocycles. The number of likely N-dealkylation sites (tertiary alicyclic amines) is 1. The molecule has 0 aliphatic carbocycles. The molecule has 2 aliphatic heterocycles. The molecule has 1 atom stereocenters. The average molecular weight is 503 g/mol. The van der Waals surface area contributed by atoms with E-state index in [1.54, 1.807) is 4.90 Å². The van der Waals surface area contributed by atoms with Crippen LogP contribution in [0.15, 0.2) is 54.6 Å². The van der Waals surface area contributed by atoms with Gasteiger partial charge < -0.3 is 24.7 Å². The second-order valence-electron chi connectivity index (χ2n) is 10.8. The summed E-state index contributed by atoms with van der Waals surface area (Å²) in [6.07, 6.45) is 2.42. The maximum atomic E-state index is 12.5. The van der Waals surface area contributed by atoms with Gasteiger partial charge in [0, 0.05) is 31.1 Å². The molecule has 37 heavy (non-hydrogen) atoms. The number of amides is 2. The number of carbonyl (C=O) groups excluding carboxylic acids is 2. The number of imidazole rings is 1. The fourth-order valence-electron chi connectivity index (χ4n) is 5.39. The molecule has 8 nitrogen and oxygen atoms in total. The molecule has 2 aliphatic rings. The number of primary amides is 1. The Morgan fingerprint density at radius 2 is 1.57 bits per heavy atom. The van der Waals surface area contributed by atoms with Gasteiger partial charge in [-0.1, -0.05) is 18.2 Å². The molecule has 3 aromatic rings. The SMILES string of the molecule is CC(C)(C)OC(=O)N1CCC(C2CCn3c2nc(-c2ccc(Oc4ccccc4)cc2)c3C(N)=O)CC1. The molecule has 194 valence electrons. The van der Waals surface area contributed by atoms with Crippen molar-refractivity contribution < 1.29 is 19.1 Å². The summed E-state index contributed by atoms with van der Waals surface area (Å²) in [5.74, 6) is 2.53. The van der Waals surface area contributed by atoms with E-state index < -0.39 is 11.5 Å². The zero-order valence-electron chi connectivity index (χ0n) is 21.6. The van der Waals surface area contributed by atoms with Gasteiger partial charge in [-0.25, -0.2) is 9.78 Å². The number of fused-ring (bicyclic) bond motifs is 1. The number of carbonyl (C=O) groups is 2. The van der Waals surface area contributed by atoms with E-state index in [2.05, 4.69) is 0 Å².